The van der Waals surface area contributed by atoms with Gasteiger partial charge >= 0.3 is 6.18 Å². The number of aromatic nitrogens is 2. The lowest BCUT2D eigenvalue weighted by atomic mass is 10.2. The molecule has 2 rings (SSSR count). The molecular formula is C10H4Br2F4N2. The number of nitrogens with zero attached hydrogens (tertiary/aromatic N) is 1. The van der Waals surface area contributed by atoms with E-state index in [4.69, 9.17) is 0 Å². The van der Waals surface area contributed by atoms with Crippen LogP contribution in [0, 0.1) is 5.82 Å². The third-order valence-corrected chi connectivity index (χ3v) is 3.20. The average molecular weight is 388 g/mol. The minimum absolute atomic E-state index is 0.0330. The molecule has 0 fully saturated rings. The summed E-state index contributed by atoms with van der Waals surface area (Å²) < 4.78 is 51.3. The summed E-state index contributed by atoms with van der Waals surface area (Å²) in [5.41, 5.74) is -1.07. The van der Waals surface area contributed by atoms with E-state index in [-0.39, 0.29) is 11.4 Å². The molecule has 0 unspecified atom stereocenters. The van der Waals surface area contributed by atoms with Crippen LogP contribution in [0.5, 0.6) is 0 Å². The van der Waals surface area contributed by atoms with Crippen LogP contribution >= 0.6 is 31.9 Å². The van der Waals surface area contributed by atoms with Crippen LogP contribution in [0.2, 0.25) is 0 Å². The minimum atomic E-state index is -4.57. The minimum Gasteiger partial charge on any atom is -0.333 e. The maximum absolute atomic E-state index is 13.6. The molecule has 0 amide bonds. The summed E-state index contributed by atoms with van der Waals surface area (Å²) in [4.78, 5) is 5.68. The zero-order valence-corrected chi connectivity index (χ0v) is 11.6. The largest absolute Gasteiger partial charge is 0.433 e. The molecule has 0 saturated heterocycles. The van der Waals surface area contributed by atoms with Gasteiger partial charge in [-0.3, -0.25) is 0 Å². The second kappa shape index (κ2) is 4.65. The van der Waals surface area contributed by atoms with Crippen LogP contribution in [0.15, 0.2) is 27.3 Å². The number of H-pyrrole nitrogens is 1. The van der Waals surface area contributed by atoms with Crippen molar-refractivity contribution < 1.29 is 17.6 Å². The van der Waals surface area contributed by atoms with Gasteiger partial charge in [-0.25, -0.2) is 9.37 Å². The molecule has 18 heavy (non-hydrogen) atoms. The molecule has 0 saturated carbocycles. The van der Waals surface area contributed by atoms with E-state index in [1.54, 1.807) is 0 Å². The monoisotopic (exact) mass is 386 g/mol. The van der Waals surface area contributed by atoms with Gasteiger partial charge in [0.25, 0.3) is 0 Å². The standard InChI is InChI=1S/C10H4Br2F4N2/c11-4-1-2-5(6(13)3-4)9-17-7(8(12)18-9)10(14,15)16/h1-3H,(H,17,18). The molecule has 1 aromatic carbocycles. The Morgan fingerprint density at radius 1 is 1.17 bits per heavy atom. The first kappa shape index (κ1) is 13.5. The SMILES string of the molecule is Fc1cc(Br)ccc1-c1nc(Br)c(C(F)(F)F)[nH]1. The van der Waals surface area contributed by atoms with Crippen molar-refractivity contribution in [2.75, 3.05) is 0 Å². The number of nitrogens with one attached hydrogen (secondary N) is 1. The van der Waals surface area contributed by atoms with Crippen LogP contribution in [0.4, 0.5) is 17.6 Å². The summed E-state index contributed by atoms with van der Waals surface area (Å²) in [5, 5.41) is 0. The average Bonchev–Trinajstić information content (AvgIpc) is 2.59. The van der Waals surface area contributed by atoms with Crippen molar-refractivity contribution in [1.82, 2.24) is 9.97 Å². The van der Waals surface area contributed by atoms with Crippen LogP contribution in [-0.4, -0.2) is 9.97 Å². The molecule has 0 atom stereocenters. The van der Waals surface area contributed by atoms with Crippen molar-refractivity contribution in [1.29, 1.82) is 0 Å². The van der Waals surface area contributed by atoms with E-state index in [0.29, 0.717) is 4.47 Å². The molecule has 1 aromatic heterocycles. The normalized spacial score (nSPS) is 11.9. The Morgan fingerprint density at radius 3 is 2.33 bits per heavy atom. The third kappa shape index (κ3) is 2.59. The van der Waals surface area contributed by atoms with E-state index in [0.717, 1.165) is 6.07 Å². The van der Waals surface area contributed by atoms with Crippen molar-refractivity contribution in [3.05, 3.63) is 38.8 Å². The van der Waals surface area contributed by atoms with Crippen LogP contribution in [-0.2, 0) is 6.18 Å². The van der Waals surface area contributed by atoms with Gasteiger partial charge in [0.15, 0.2) is 5.69 Å². The zero-order valence-electron chi connectivity index (χ0n) is 8.45. The number of rotatable bonds is 1. The fourth-order valence-electron chi connectivity index (χ4n) is 1.35. The molecular weight excluding hydrogens is 384 g/mol. The highest BCUT2D eigenvalue weighted by atomic mass is 79.9. The van der Waals surface area contributed by atoms with E-state index < -0.39 is 22.3 Å². The van der Waals surface area contributed by atoms with Gasteiger partial charge in [0.2, 0.25) is 0 Å². The molecule has 2 aromatic rings. The predicted molar refractivity (Wildman–Crippen MR) is 64.4 cm³/mol. The summed E-state index contributed by atoms with van der Waals surface area (Å²) in [7, 11) is 0. The van der Waals surface area contributed by atoms with Crippen LogP contribution in [0.3, 0.4) is 0 Å². The molecule has 0 aliphatic carbocycles. The topological polar surface area (TPSA) is 28.7 Å². The van der Waals surface area contributed by atoms with Crippen LogP contribution < -0.4 is 0 Å². The highest BCUT2D eigenvalue weighted by molar-refractivity contribution is 9.10. The number of hydrogen-bond donors (Lipinski definition) is 1. The number of hydrogen-bond acceptors (Lipinski definition) is 1. The quantitative estimate of drug-likeness (QED) is 0.702. The van der Waals surface area contributed by atoms with Gasteiger partial charge in [0.1, 0.15) is 16.2 Å². The molecule has 0 aliphatic rings. The first-order valence-electron chi connectivity index (χ1n) is 4.57. The van der Waals surface area contributed by atoms with E-state index in [1.807, 2.05) is 0 Å². The van der Waals surface area contributed by atoms with Crippen LogP contribution in [0.25, 0.3) is 11.4 Å². The number of aromatic amines is 1. The maximum atomic E-state index is 13.6. The van der Waals surface area contributed by atoms with Gasteiger partial charge in [-0.15, -0.1) is 0 Å². The lowest BCUT2D eigenvalue weighted by Crippen LogP contribution is -2.06. The molecule has 0 spiro atoms. The second-order valence-corrected chi connectivity index (χ2v) is 5.04. The number of alkyl halides is 3. The highest BCUT2D eigenvalue weighted by Crippen LogP contribution is 2.35. The molecule has 8 heteroatoms. The Morgan fingerprint density at radius 2 is 1.83 bits per heavy atom. The first-order valence-corrected chi connectivity index (χ1v) is 6.16. The highest BCUT2D eigenvalue weighted by Gasteiger charge is 2.36. The Hall–Kier alpha value is -0.890. The Labute approximate surface area is 116 Å². The first-order chi connectivity index (χ1) is 8.29. The van der Waals surface area contributed by atoms with Gasteiger partial charge in [-0.2, -0.15) is 13.2 Å². The Bertz CT molecular complexity index is 592. The fraction of sp³-hybridized carbons (Fsp3) is 0.100. The fourth-order valence-corrected chi connectivity index (χ4v) is 2.18. The van der Waals surface area contributed by atoms with E-state index in [1.165, 1.54) is 12.1 Å². The predicted octanol–water partition coefficient (Wildman–Crippen LogP) is 4.76. The molecule has 0 radical (unpaired) electrons. The van der Waals surface area contributed by atoms with E-state index >= 15 is 0 Å². The summed E-state index contributed by atoms with van der Waals surface area (Å²) >= 11 is 5.76. The Balaban J connectivity index is 2.53. The lowest BCUT2D eigenvalue weighted by molar-refractivity contribution is -0.141. The van der Waals surface area contributed by atoms with Crippen LogP contribution in [0.1, 0.15) is 5.69 Å². The summed E-state index contributed by atoms with van der Waals surface area (Å²) in [6, 6.07) is 4.01. The van der Waals surface area contributed by atoms with Crippen molar-refractivity contribution in [2.24, 2.45) is 0 Å². The zero-order chi connectivity index (χ0) is 13.5. The smallest absolute Gasteiger partial charge is 0.333 e. The summed E-state index contributed by atoms with van der Waals surface area (Å²) in [5.74, 6) is -0.849. The molecule has 0 aliphatic heterocycles. The number of benzene rings is 1. The molecule has 1 heterocycles. The van der Waals surface area contributed by atoms with E-state index in [2.05, 4.69) is 41.8 Å². The van der Waals surface area contributed by atoms with Gasteiger partial charge < -0.3 is 4.98 Å². The van der Waals surface area contributed by atoms with Gasteiger partial charge in [-0.05, 0) is 34.1 Å². The van der Waals surface area contributed by atoms with Gasteiger partial charge in [-0.1, -0.05) is 15.9 Å². The maximum Gasteiger partial charge on any atom is 0.433 e. The molecule has 96 valence electrons. The van der Waals surface area contributed by atoms with E-state index in [9.17, 15) is 17.6 Å². The lowest BCUT2D eigenvalue weighted by Gasteiger charge is -2.03. The summed E-state index contributed by atoms with van der Waals surface area (Å²) in [6.45, 7) is 0. The van der Waals surface area contributed by atoms with Crippen molar-refractivity contribution in [3.63, 3.8) is 0 Å². The van der Waals surface area contributed by atoms with Gasteiger partial charge in [0, 0.05) is 4.47 Å². The molecule has 2 nitrogen and oxygen atoms in total. The number of halogens is 6. The van der Waals surface area contributed by atoms with Crippen molar-refractivity contribution in [3.8, 4) is 11.4 Å². The van der Waals surface area contributed by atoms with Gasteiger partial charge in [0.05, 0.1) is 5.56 Å². The molecule has 0 bridgehead atoms. The van der Waals surface area contributed by atoms with Crippen molar-refractivity contribution in [2.45, 2.75) is 6.18 Å². The summed E-state index contributed by atoms with van der Waals surface area (Å²) in [6.07, 6.45) is -4.57. The Kier molecular flexibility index (Phi) is 3.50. The molecule has 1 N–H and O–H groups in total. The van der Waals surface area contributed by atoms with Crippen molar-refractivity contribution >= 4 is 31.9 Å². The second-order valence-electron chi connectivity index (χ2n) is 3.37. The number of imidazole rings is 1. The third-order valence-electron chi connectivity index (χ3n) is 2.13.